The second-order valence-corrected chi connectivity index (χ2v) is 6.72. The van der Waals surface area contributed by atoms with E-state index in [-0.39, 0.29) is 11.9 Å². The van der Waals surface area contributed by atoms with Gasteiger partial charge in [0, 0.05) is 31.6 Å². The third kappa shape index (κ3) is 2.76. The van der Waals surface area contributed by atoms with Crippen molar-refractivity contribution in [2.45, 2.75) is 31.5 Å². The molecule has 126 valence electrons. The first kappa shape index (κ1) is 15.5. The number of nitrogens with zero attached hydrogens (tertiary/aromatic N) is 4. The van der Waals surface area contributed by atoms with Crippen LogP contribution in [0.1, 0.15) is 29.3 Å². The second kappa shape index (κ2) is 6.11. The molecule has 1 aromatic carbocycles. The summed E-state index contributed by atoms with van der Waals surface area (Å²) in [5, 5.41) is 10.2. The maximum atomic E-state index is 13.2. The minimum absolute atomic E-state index is 0.00633. The number of halogens is 1. The van der Waals surface area contributed by atoms with Crippen molar-refractivity contribution in [3.8, 4) is 0 Å². The second-order valence-electron chi connectivity index (χ2n) is 6.72. The standard InChI is InChI=1S/C18H21FN4O/c1-22-7-6-16-15(10-22)18(21-11-20-16)23-9-14(24)8-17(23)12-2-4-13(19)5-3-12/h2-5,11,14,17,24H,6-10H2,1H3/t14-,17-/m1/s1. The lowest BCUT2D eigenvalue weighted by atomic mass is 10.0. The van der Waals surface area contributed by atoms with E-state index in [0.717, 1.165) is 42.1 Å². The van der Waals surface area contributed by atoms with E-state index < -0.39 is 6.10 Å². The lowest BCUT2D eigenvalue weighted by molar-refractivity contribution is 0.194. The minimum Gasteiger partial charge on any atom is -0.391 e. The van der Waals surface area contributed by atoms with Gasteiger partial charge in [0.1, 0.15) is 18.0 Å². The van der Waals surface area contributed by atoms with E-state index in [1.807, 2.05) is 0 Å². The Morgan fingerprint density at radius 1 is 1.21 bits per heavy atom. The molecule has 0 radical (unpaired) electrons. The van der Waals surface area contributed by atoms with Crippen molar-refractivity contribution in [1.29, 1.82) is 0 Å². The van der Waals surface area contributed by atoms with Crippen molar-refractivity contribution in [1.82, 2.24) is 14.9 Å². The number of aliphatic hydroxyl groups excluding tert-OH is 1. The Morgan fingerprint density at radius 3 is 2.79 bits per heavy atom. The van der Waals surface area contributed by atoms with Crippen LogP contribution in [-0.2, 0) is 13.0 Å². The number of rotatable bonds is 2. The molecule has 4 rings (SSSR count). The zero-order valence-electron chi connectivity index (χ0n) is 13.7. The average Bonchev–Trinajstić information content (AvgIpc) is 2.96. The Hall–Kier alpha value is -2.05. The summed E-state index contributed by atoms with van der Waals surface area (Å²) in [6.45, 7) is 2.34. The fourth-order valence-corrected chi connectivity index (χ4v) is 3.76. The lowest BCUT2D eigenvalue weighted by Gasteiger charge is -2.31. The molecule has 2 atom stereocenters. The number of aromatic nitrogens is 2. The van der Waals surface area contributed by atoms with Crippen LogP contribution in [0.5, 0.6) is 0 Å². The molecule has 5 nitrogen and oxygen atoms in total. The Balaban J connectivity index is 1.73. The largest absolute Gasteiger partial charge is 0.391 e. The van der Waals surface area contributed by atoms with E-state index >= 15 is 0 Å². The van der Waals surface area contributed by atoms with E-state index in [1.54, 1.807) is 18.5 Å². The van der Waals surface area contributed by atoms with Crippen molar-refractivity contribution >= 4 is 5.82 Å². The highest BCUT2D eigenvalue weighted by Gasteiger charge is 2.35. The summed E-state index contributed by atoms with van der Waals surface area (Å²) in [6, 6.07) is 6.55. The average molecular weight is 328 g/mol. The number of hydrogen-bond acceptors (Lipinski definition) is 5. The van der Waals surface area contributed by atoms with E-state index in [1.165, 1.54) is 12.1 Å². The normalized spacial score (nSPS) is 24.2. The molecule has 0 unspecified atom stereocenters. The van der Waals surface area contributed by atoms with Gasteiger partial charge in [-0.05, 0) is 31.2 Å². The molecule has 0 saturated carbocycles. The predicted molar refractivity (Wildman–Crippen MR) is 89.2 cm³/mol. The van der Waals surface area contributed by atoms with Crippen LogP contribution in [0.15, 0.2) is 30.6 Å². The Morgan fingerprint density at radius 2 is 2.00 bits per heavy atom. The lowest BCUT2D eigenvalue weighted by Crippen LogP contribution is -2.32. The van der Waals surface area contributed by atoms with Gasteiger partial charge in [-0.1, -0.05) is 12.1 Å². The summed E-state index contributed by atoms with van der Waals surface area (Å²) in [6.07, 6.45) is 2.75. The van der Waals surface area contributed by atoms with Gasteiger partial charge in [0.2, 0.25) is 0 Å². The number of likely N-dealkylation sites (N-methyl/N-ethyl adjacent to an activating group) is 1. The van der Waals surface area contributed by atoms with Gasteiger partial charge >= 0.3 is 0 Å². The summed E-state index contributed by atoms with van der Waals surface area (Å²) in [4.78, 5) is 13.4. The maximum Gasteiger partial charge on any atom is 0.137 e. The summed E-state index contributed by atoms with van der Waals surface area (Å²) < 4.78 is 13.2. The third-order valence-electron chi connectivity index (χ3n) is 4.98. The van der Waals surface area contributed by atoms with Gasteiger partial charge in [-0.2, -0.15) is 0 Å². The number of aliphatic hydroxyl groups is 1. The van der Waals surface area contributed by atoms with Crippen LogP contribution in [0.3, 0.4) is 0 Å². The van der Waals surface area contributed by atoms with Crippen LogP contribution in [0.2, 0.25) is 0 Å². The number of benzene rings is 1. The molecule has 3 heterocycles. The first-order valence-corrected chi connectivity index (χ1v) is 8.33. The number of fused-ring (bicyclic) bond motifs is 1. The SMILES string of the molecule is CN1CCc2ncnc(N3C[C@H](O)C[C@@H]3c3ccc(F)cc3)c2C1. The summed E-state index contributed by atoms with van der Waals surface area (Å²) in [7, 11) is 2.09. The van der Waals surface area contributed by atoms with Gasteiger partial charge in [0.25, 0.3) is 0 Å². The highest BCUT2D eigenvalue weighted by molar-refractivity contribution is 5.53. The van der Waals surface area contributed by atoms with Gasteiger partial charge in [-0.3, -0.25) is 0 Å². The predicted octanol–water partition coefficient (Wildman–Crippen LogP) is 1.92. The molecule has 1 saturated heterocycles. The molecular formula is C18H21FN4O. The number of hydrogen-bond donors (Lipinski definition) is 1. The summed E-state index contributed by atoms with van der Waals surface area (Å²) in [5.74, 6) is 0.655. The van der Waals surface area contributed by atoms with E-state index in [9.17, 15) is 9.50 Å². The van der Waals surface area contributed by atoms with Gasteiger partial charge < -0.3 is 14.9 Å². The van der Waals surface area contributed by atoms with Crippen LogP contribution in [0.25, 0.3) is 0 Å². The zero-order chi connectivity index (χ0) is 16.7. The molecule has 1 fully saturated rings. The molecular weight excluding hydrogens is 307 g/mol. The fraction of sp³-hybridized carbons (Fsp3) is 0.444. The maximum absolute atomic E-state index is 13.2. The Kier molecular flexibility index (Phi) is 3.94. The minimum atomic E-state index is -0.410. The molecule has 0 spiro atoms. The van der Waals surface area contributed by atoms with Crippen LogP contribution in [0.4, 0.5) is 10.2 Å². The molecule has 0 bridgehead atoms. The Labute approximate surface area is 140 Å². The van der Waals surface area contributed by atoms with Gasteiger partial charge in [-0.25, -0.2) is 14.4 Å². The molecule has 2 aromatic rings. The topological polar surface area (TPSA) is 52.5 Å². The molecule has 2 aliphatic heterocycles. The molecule has 0 amide bonds. The first-order chi connectivity index (χ1) is 11.6. The molecule has 1 aromatic heterocycles. The van der Waals surface area contributed by atoms with E-state index in [0.29, 0.717) is 13.0 Å². The van der Waals surface area contributed by atoms with E-state index in [4.69, 9.17) is 0 Å². The monoisotopic (exact) mass is 328 g/mol. The first-order valence-electron chi connectivity index (χ1n) is 8.33. The van der Waals surface area contributed by atoms with Crippen molar-refractivity contribution in [3.05, 3.63) is 53.2 Å². The van der Waals surface area contributed by atoms with Crippen molar-refractivity contribution in [2.75, 3.05) is 25.0 Å². The van der Waals surface area contributed by atoms with Crippen LogP contribution < -0.4 is 4.90 Å². The van der Waals surface area contributed by atoms with Crippen molar-refractivity contribution in [2.24, 2.45) is 0 Å². The number of anilines is 1. The van der Waals surface area contributed by atoms with Crippen LogP contribution >= 0.6 is 0 Å². The summed E-state index contributed by atoms with van der Waals surface area (Å²) >= 11 is 0. The highest BCUT2D eigenvalue weighted by Crippen LogP contribution is 2.38. The molecule has 1 N–H and O–H groups in total. The van der Waals surface area contributed by atoms with Gasteiger partial charge in [0.05, 0.1) is 17.8 Å². The zero-order valence-corrected chi connectivity index (χ0v) is 13.7. The molecule has 0 aliphatic carbocycles. The quantitative estimate of drug-likeness (QED) is 0.913. The molecule has 6 heteroatoms. The fourth-order valence-electron chi connectivity index (χ4n) is 3.76. The number of β-amino-alcohol motifs (C(OH)–C–C–N with tert-alkyl or cyclic N) is 1. The third-order valence-corrected chi connectivity index (χ3v) is 4.98. The van der Waals surface area contributed by atoms with Crippen molar-refractivity contribution in [3.63, 3.8) is 0 Å². The molecule has 2 aliphatic rings. The van der Waals surface area contributed by atoms with Gasteiger partial charge in [0.15, 0.2) is 0 Å². The summed E-state index contributed by atoms with van der Waals surface area (Å²) in [5.41, 5.74) is 3.24. The smallest absolute Gasteiger partial charge is 0.137 e. The van der Waals surface area contributed by atoms with Gasteiger partial charge in [-0.15, -0.1) is 0 Å². The van der Waals surface area contributed by atoms with Crippen molar-refractivity contribution < 1.29 is 9.50 Å². The Bertz CT molecular complexity index is 736. The highest BCUT2D eigenvalue weighted by atomic mass is 19.1. The molecule has 24 heavy (non-hydrogen) atoms. The van der Waals surface area contributed by atoms with Crippen LogP contribution in [0, 0.1) is 5.82 Å². The van der Waals surface area contributed by atoms with Crippen LogP contribution in [-0.4, -0.2) is 46.2 Å². The van der Waals surface area contributed by atoms with E-state index in [2.05, 4.69) is 26.8 Å².